The summed E-state index contributed by atoms with van der Waals surface area (Å²) in [5.74, 6) is 2.47. The van der Waals surface area contributed by atoms with Crippen molar-refractivity contribution in [1.29, 1.82) is 0 Å². The maximum Gasteiger partial charge on any atom is 0.239 e. The van der Waals surface area contributed by atoms with E-state index < -0.39 is 0 Å². The topological polar surface area (TPSA) is 72.9 Å². The molecule has 0 bridgehead atoms. The van der Waals surface area contributed by atoms with Crippen LogP contribution in [0.2, 0.25) is 0 Å². The first kappa shape index (κ1) is 15.0. The van der Waals surface area contributed by atoms with Crippen LogP contribution in [0.15, 0.2) is 9.68 Å². The fourth-order valence-corrected chi connectivity index (χ4v) is 3.86. The Morgan fingerprint density at radius 3 is 2.70 bits per heavy atom. The van der Waals surface area contributed by atoms with Crippen LogP contribution >= 0.6 is 11.8 Å². The summed E-state index contributed by atoms with van der Waals surface area (Å²) in [5, 5.41) is 14.0. The van der Waals surface area contributed by atoms with Crippen LogP contribution < -0.4 is 4.90 Å². The lowest BCUT2D eigenvalue weighted by atomic mass is 10.4. The Balaban J connectivity index is 1.56. The summed E-state index contributed by atoms with van der Waals surface area (Å²) < 4.78 is 7.69. The molecule has 2 fully saturated rings. The zero-order chi connectivity index (χ0) is 15.8. The SMILES string of the molecule is CCc1noc(C(C)Sc2nnc(N3CCCC3)n2C2CC2)n1. The molecule has 124 valence electrons. The molecule has 0 N–H and O–H groups in total. The van der Waals surface area contributed by atoms with Crippen LogP contribution in [0.25, 0.3) is 0 Å². The molecule has 4 rings (SSSR count). The Kier molecular flexibility index (Phi) is 4.00. The minimum Gasteiger partial charge on any atom is -0.341 e. The van der Waals surface area contributed by atoms with Crippen LogP contribution in [0.5, 0.6) is 0 Å². The maximum atomic E-state index is 5.36. The van der Waals surface area contributed by atoms with E-state index in [1.165, 1.54) is 25.7 Å². The zero-order valence-corrected chi connectivity index (χ0v) is 14.4. The first-order chi connectivity index (χ1) is 11.3. The monoisotopic (exact) mass is 334 g/mol. The van der Waals surface area contributed by atoms with Crippen molar-refractivity contribution in [3.8, 4) is 0 Å². The van der Waals surface area contributed by atoms with Gasteiger partial charge in [0.1, 0.15) is 0 Å². The van der Waals surface area contributed by atoms with Crippen LogP contribution in [0.4, 0.5) is 5.95 Å². The third-order valence-electron chi connectivity index (χ3n) is 4.38. The van der Waals surface area contributed by atoms with E-state index in [9.17, 15) is 0 Å². The molecule has 2 aliphatic rings. The minimum atomic E-state index is 0.0796. The Bertz CT molecular complexity index is 673. The molecule has 1 aliphatic carbocycles. The highest BCUT2D eigenvalue weighted by molar-refractivity contribution is 7.99. The van der Waals surface area contributed by atoms with Gasteiger partial charge in [0.2, 0.25) is 11.8 Å². The molecule has 2 aromatic rings. The molecule has 1 saturated carbocycles. The lowest BCUT2D eigenvalue weighted by molar-refractivity contribution is 0.375. The number of hydrogen-bond donors (Lipinski definition) is 0. The highest BCUT2D eigenvalue weighted by atomic mass is 32.2. The predicted octanol–water partition coefficient (Wildman–Crippen LogP) is 3.01. The smallest absolute Gasteiger partial charge is 0.239 e. The van der Waals surface area contributed by atoms with Gasteiger partial charge in [0, 0.05) is 25.6 Å². The van der Waals surface area contributed by atoms with E-state index in [-0.39, 0.29) is 5.25 Å². The second-order valence-electron chi connectivity index (χ2n) is 6.24. The van der Waals surface area contributed by atoms with Gasteiger partial charge in [-0.3, -0.25) is 4.57 Å². The molecule has 1 aliphatic heterocycles. The van der Waals surface area contributed by atoms with E-state index in [1.54, 1.807) is 11.8 Å². The lowest BCUT2D eigenvalue weighted by Crippen LogP contribution is -2.22. The molecule has 3 heterocycles. The minimum absolute atomic E-state index is 0.0796. The molecule has 2 aromatic heterocycles. The standard InChI is InChI=1S/C15H22N6OS/c1-3-12-16-13(22-19-12)10(2)23-15-18-17-14(20-8-4-5-9-20)21(15)11-6-7-11/h10-11H,3-9H2,1-2H3. The van der Waals surface area contributed by atoms with Crippen LogP contribution in [0, 0.1) is 0 Å². The molecular formula is C15H22N6OS. The van der Waals surface area contributed by atoms with Gasteiger partial charge in [-0.05, 0) is 32.6 Å². The zero-order valence-electron chi connectivity index (χ0n) is 13.6. The molecular weight excluding hydrogens is 312 g/mol. The average molecular weight is 334 g/mol. The fourth-order valence-electron chi connectivity index (χ4n) is 2.92. The summed E-state index contributed by atoms with van der Waals surface area (Å²) in [5.41, 5.74) is 0. The number of nitrogens with zero attached hydrogens (tertiary/aromatic N) is 6. The second-order valence-corrected chi connectivity index (χ2v) is 7.55. The van der Waals surface area contributed by atoms with Gasteiger partial charge in [0.15, 0.2) is 11.0 Å². The van der Waals surface area contributed by atoms with Crippen molar-refractivity contribution < 1.29 is 4.52 Å². The van der Waals surface area contributed by atoms with Crippen molar-refractivity contribution in [2.75, 3.05) is 18.0 Å². The number of aromatic nitrogens is 5. The van der Waals surface area contributed by atoms with Crippen molar-refractivity contribution in [3.05, 3.63) is 11.7 Å². The predicted molar refractivity (Wildman–Crippen MR) is 87.7 cm³/mol. The van der Waals surface area contributed by atoms with Crippen molar-refractivity contribution in [1.82, 2.24) is 24.9 Å². The van der Waals surface area contributed by atoms with Gasteiger partial charge in [0.05, 0.1) is 5.25 Å². The van der Waals surface area contributed by atoms with Crippen LogP contribution in [-0.2, 0) is 6.42 Å². The quantitative estimate of drug-likeness (QED) is 0.752. The Morgan fingerprint density at radius 1 is 1.26 bits per heavy atom. The van der Waals surface area contributed by atoms with E-state index in [2.05, 4.69) is 36.7 Å². The number of aryl methyl sites for hydroxylation is 1. The van der Waals surface area contributed by atoms with Crippen LogP contribution in [0.3, 0.4) is 0 Å². The van der Waals surface area contributed by atoms with E-state index in [0.717, 1.165) is 36.4 Å². The van der Waals surface area contributed by atoms with Gasteiger partial charge in [-0.2, -0.15) is 4.98 Å². The Morgan fingerprint density at radius 2 is 2.04 bits per heavy atom. The maximum absolute atomic E-state index is 5.36. The third-order valence-corrected chi connectivity index (χ3v) is 5.42. The van der Waals surface area contributed by atoms with Crippen LogP contribution in [-0.4, -0.2) is 38.0 Å². The lowest BCUT2D eigenvalue weighted by Gasteiger charge is -2.18. The van der Waals surface area contributed by atoms with Crippen LogP contribution in [0.1, 0.15) is 62.5 Å². The Hall–Kier alpha value is -1.57. The van der Waals surface area contributed by atoms with E-state index in [4.69, 9.17) is 4.52 Å². The molecule has 0 spiro atoms. The summed E-state index contributed by atoms with van der Waals surface area (Å²) in [6, 6.07) is 0.559. The molecule has 0 radical (unpaired) electrons. The second kappa shape index (κ2) is 6.14. The number of anilines is 1. The van der Waals surface area contributed by atoms with Gasteiger partial charge in [-0.15, -0.1) is 10.2 Å². The molecule has 1 unspecified atom stereocenters. The van der Waals surface area contributed by atoms with Crippen molar-refractivity contribution >= 4 is 17.7 Å². The van der Waals surface area contributed by atoms with Gasteiger partial charge in [-0.1, -0.05) is 23.8 Å². The summed E-state index contributed by atoms with van der Waals surface area (Å²) in [4.78, 5) is 6.80. The molecule has 7 nitrogen and oxygen atoms in total. The van der Waals surface area contributed by atoms with E-state index >= 15 is 0 Å². The summed E-state index contributed by atoms with van der Waals surface area (Å²) in [7, 11) is 0. The van der Waals surface area contributed by atoms with Crippen molar-refractivity contribution in [2.24, 2.45) is 0 Å². The molecule has 8 heteroatoms. The first-order valence-electron chi connectivity index (χ1n) is 8.45. The average Bonchev–Trinajstić information content (AvgIpc) is 3.02. The third kappa shape index (κ3) is 2.96. The number of rotatable bonds is 6. The van der Waals surface area contributed by atoms with Gasteiger partial charge < -0.3 is 9.42 Å². The van der Waals surface area contributed by atoms with Gasteiger partial charge in [-0.25, -0.2) is 0 Å². The summed E-state index contributed by atoms with van der Waals surface area (Å²) in [6.45, 7) is 6.29. The van der Waals surface area contributed by atoms with Crippen molar-refractivity contribution in [2.45, 2.75) is 62.4 Å². The van der Waals surface area contributed by atoms with E-state index in [1.807, 2.05) is 6.92 Å². The summed E-state index contributed by atoms with van der Waals surface area (Å²) in [6.07, 6.45) is 5.73. The highest BCUT2D eigenvalue weighted by Gasteiger charge is 2.33. The van der Waals surface area contributed by atoms with Gasteiger partial charge in [0.25, 0.3) is 0 Å². The fraction of sp³-hybridized carbons (Fsp3) is 0.733. The highest BCUT2D eigenvalue weighted by Crippen LogP contribution is 2.43. The normalized spacial score (nSPS) is 19.5. The molecule has 0 amide bonds. The molecule has 1 saturated heterocycles. The Labute approximate surface area is 139 Å². The van der Waals surface area contributed by atoms with E-state index in [0.29, 0.717) is 11.9 Å². The number of thioether (sulfide) groups is 1. The molecule has 0 aromatic carbocycles. The first-order valence-corrected chi connectivity index (χ1v) is 9.33. The molecule has 23 heavy (non-hydrogen) atoms. The van der Waals surface area contributed by atoms with Crippen molar-refractivity contribution in [3.63, 3.8) is 0 Å². The number of hydrogen-bond acceptors (Lipinski definition) is 7. The largest absolute Gasteiger partial charge is 0.341 e. The van der Waals surface area contributed by atoms with Gasteiger partial charge >= 0.3 is 0 Å². The summed E-state index contributed by atoms with van der Waals surface area (Å²) >= 11 is 1.66. The molecule has 1 atom stereocenters.